The standard InChI is InChI=1S/C16H18ClNO2S/c17-14-2-1-3-16(12-14)21(19)11-10-20-15-6-4-13(5-7-15)8-9-18/h1-7,12H,8-11,18H2. The number of nitrogens with two attached hydrogens (primary N) is 1. The van der Waals surface area contributed by atoms with E-state index in [9.17, 15) is 4.21 Å². The average molecular weight is 324 g/mol. The molecule has 0 spiro atoms. The molecule has 0 bridgehead atoms. The SMILES string of the molecule is NCCc1ccc(OCCS(=O)c2cccc(Cl)c2)cc1. The zero-order valence-electron chi connectivity index (χ0n) is 11.6. The van der Waals surface area contributed by atoms with Crippen LogP contribution >= 0.6 is 11.6 Å². The average Bonchev–Trinajstić information content (AvgIpc) is 2.49. The Morgan fingerprint density at radius 2 is 1.90 bits per heavy atom. The van der Waals surface area contributed by atoms with Gasteiger partial charge in [-0.15, -0.1) is 0 Å². The van der Waals surface area contributed by atoms with Gasteiger partial charge in [0.1, 0.15) is 12.4 Å². The van der Waals surface area contributed by atoms with E-state index in [1.165, 1.54) is 5.56 Å². The number of hydrogen-bond donors (Lipinski definition) is 1. The molecule has 0 heterocycles. The van der Waals surface area contributed by atoms with E-state index in [1.807, 2.05) is 30.3 Å². The Morgan fingerprint density at radius 3 is 2.57 bits per heavy atom. The second-order valence-electron chi connectivity index (χ2n) is 4.54. The lowest BCUT2D eigenvalue weighted by atomic mass is 10.1. The molecule has 0 amide bonds. The van der Waals surface area contributed by atoms with E-state index in [0.29, 0.717) is 23.9 Å². The second-order valence-corrected chi connectivity index (χ2v) is 6.55. The van der Waals surface area contributed by atoms with Crippen molar-refractivity contribution in [3.8, 4) is 5.75 Å². The highest BCUT2D eigenvalue weighted by Gasteiger charge is 2.05. The van der Waals surface area contributed by atoms with Crippen LogP contribution in [0, 0.1) is 0 Å². The van der Waals surface area contributed by atoms with Gasteiger partial charge in [-0.1, -0.05) is 29.8 Å². The minimum absolute atomic E-state index is 0.398. The van der Waals surface area contributed by atoms with Gasteiger partial charge >= 0.3 is 0 Å². The predicted octanol–water partition coefficient (Wildman–Crippen LogP) is 3.03. The largest absolute Gasteiger partial charge is 0.493 e. The quantitative estimate of drug-likeness (QED) is 0.852. The van der Waals surface area contributed by atoms with Crippen molar-refractivity contribution in [2.75, 3.05) is 18.9 Å². The van der Waals surface area contributed by atoms with Crippen LogP contribution in [0.3, 0.4) is 0 Å². The fourth-order valence-electron chi connectivity index (χ4n) is 1.88. The number of ether oxygens (including phenoxy) is 1. The van der Waals surface area contributed by atoms with Gasteiger partial charge in [0.25, 0.3) is 0 Å². The summed E-state index contributed by atoms with van der Waals surface area (Å²) in [4.78, 5) is 0.726. The van der Waals surface area contributed by atoms with Crippen molar-refractivity contribution >= 4 is 22.4 Å². The zero-order valence-corrected chi connectivity index (χ0v) is 13.2. The van der Waals surface area contributed by atoms with Gasteiger partial charge in [0.05, 0.1) is 16.6 Å². The molecule has 0 aromatic heterocycles. The maximum absolute atomic E-state index is 12.1. The Hall–Kier alpha value is -1.36. The Balaban J connectivity index is 1.82. The number of halogens is 1. The highest BCUT2D eigenvalue weighted by Crippen LogP contribution is 2.15. The van der Waals surface area contributed by atoms with E-state index in [0.717, 1.165) is 17.1 Å². The van der Waals surface area contributed by atoms with Crippen LogP contribution in [0.4, 0.5) is 0 Å². The van der Waals surface area contributed by atoms with Gasteiger partial charge < -0.3 is 10.5 Å². The Bertz CT molecular complexity index is 601. The van der Waals surface area contributed by atoms with Gasteiger partial charge in [0.2, 0.25) is 0 Å². The van der Waals surface area contributed by atoms with E-state index in [2.05, 4.69) is 0 Å². The van der Waals surface area contributed by atoms with Gasteiger partial charge in [-0.05, 0) is 48.9 Å². The van der Waals surface area contributed by atoms with Crippen LogP contribution in [-0.4, -0.2) is 23.1 Å². The summed E-state index contributed by atoms with van der Waals surface area (Å²) in [5, 5.41) is 0.595. The Morgan fingerprint density at radius 1 is 1.14 bits per heavy atom. The molecular weight excluding hydrogens is 306 g/mol. The van der Waals surface area contributed by atoms with Crippen LogP contribution in [0.5, 0.6) is 5.75 Å². The first kappa shape index (κ1) is 16.0. The van der Waals surface area contributed by atoms with Crippen LogP contribution in [0.1, 0.15) is 5.56 Å². The third-order valence-corrected chi connectivity index (χ3v) is 4.51. The lowest BCUT2D eigenvalue weighted by molar-refractivity contribution is 0.342. The molecule has 21 heavy (non-hydrogen) atoms. The van der Waals surface area contributed by atoms with Crippen LogP contribution in [0.15, 0.2) is 53.4 Å². The monoisotopic (exact) mass is 323 g/mol. The van der Waals surface area contributed by atoms with E-state index in [-0.39, 0.29) is 0 Å². The third-order valence-electron chi connectivity index (χ3n) is 2.95. The van der Waals surface area contributed by atoms with Gasteiger partial charge in [0.15, 0.2) is 0 Å². The van der Waals surface area contributed by atoms with Gasteiger partial charge in [0, 0.05) is 9.92 Å². The maximum Gasteiger partial charge on any atom is 0.119 e. The van der Waals surface area contributed by atoms with E-state index < -0.39 is 10.8 Å². The van der Waals surface area contributed by atoms with Crippen LogP contribution in [0.25, 0.3) is 0 Å². The molecule has 1 unspecified atom stereocenters. The summed E-state index contributed by atoms with van der Waals surface area (Å²) in [6.45, 7) is 1.04. The first-order chi connectivity index (χ1) is 10.2. The van der Waals surface area contributed by atoms with Gasteiger partial charge in [-0.25, -0.2) is 0 Å². The summed E-state index contributed by atoms with van der Waals surface area (Å²) in [5.41, 5.74) is 6.69. The van der Waals surface area contributed by atoms with E-state index >= 15 is 0 Å². The Kier molecular flexibility index (Phi) is 6.23. The molecule has 0 aliphatic heterocycles. The first-order valence-corrected chi connectivity index (χ1v) is 8.44. The lowest BCUT2D eigenvalue weighted by Crippen LogP contribution is -2.09. The van der Waals surface area contributed by atoms with Crippen molar-refractivity contribution in [1.29, 1.82) is 0 Å². The molecule has 112 valence electrons. The second kappa shape index (κ2) is 8.17. The van der Waals surface area contributed by atoms with Crippen molar-refractivity contribution in [2.45, 2.75) is 11.3 Å². The summed E-state index contributed by atoms with van der Waals surface area (Å²) in [7, 11) is -1.10. The molecule has 1 atom stereocenters. The number of benzene rings is 2. The molecule has 2 N–H and O–H groups in total. The predicted molar refractivity (Wildman–Crippen MR) is 87.4 cm³/mol. The van der Waals surface area contributed by atoms with E-state index in [4.69, 9.17) is 22.1 Å². The minimum atomic E-state index is -1.10. The Labute approximate surface area is 132 Å². The van der Waals surface area contributed by atoms with Crippen LogP contribution in [-0.2, 0) is 17.2 Å². The van der Waals surface area contributed by atoms with E-state index in [1.54, 1.807) is 18.2 Å². The van der Waals surface area contributed by atoms with Crippen LogP contribution in [0.2, 0.25) is 5.02 Å². The third kappa shape index (κ3) is 5.16. The summed E-state index contributed by atoms with van der Waals surface area (Å²) >= 11 is 5.88. The zero-order chi connectivity index (χ0) is 15.1. The van der Waals surface area contributed by atoms with Crippen molar-refractivity contribution in [1.82, 2.24) is 0 Å². The van der Waals surface area contributed by atoms with Crippen molar-refractivity contribution in [2.24, 2.45) is 5.73 Å². The molecule has 0 aliphatic rings. The lowest BCUT2D eigenvalue weighted by Gasteiger charge is -2.07. The summed E-state index contributed by atoms with van der Waals surface area (Å²) < 4.78 is 17.7. The smallest absolute Gasteiger partial charge is 0.119 e. The van der Waals surface area contributed by atoms with Crippen molar-refractivity contribution < 1.29 is 8.95 Å². The fourth-order valence-corrected chi connectivity index (χ4v) is 3.09. The molecule has 3 nitrogen and oxygen atoms in total. The highest BCUT2D eigenvalue weighted by atomic mass is 35.5. The maximum atomic E-state index is 12.1. The molecule has 5 heteroatoms. The summed E-state index contributed by atoms with van der Waals surface area (Å²) in [6.07, 6.45) is 0.860. The van der Waals surface area contributed by atoms with Crippen LogP contribution < -0.4 is 10.5 Å². The van der Waals surface area contributed by atoms with Gasteiger partial charge in [-0.2, -0.15) is 0 Å². The molecular formula is C16H18ClNO2S. The molecule has 0 saturated carbocycles. The highest BCUT2D eigenvalue weighted by molar-refractivity contribution is 7.85. The van der Waals surface area contributed by atoms with Crippen molar-refractivity contribution in [3.05, 3.63) is 59.1 Å². The van der Waals surface area contributed by atoms with Gasteiger partial charge in [-0.3, -0.25) is 4.21 Å². The number of rotatable bonds is 7. The minimum Gasteiger partial charge on any atom is -0.493 e. The fraction of sp³-hybridized carbons (Fsp3) is 0.250. The first-order valence-electron chi connectivity index (χ1n) is 6.75. The topological polar surface area (TPSA) is 52.3 Å². The molecule has 2 rings (SSSR count). The molecule has 2 aromatic rings. The summed E-state index contributed by atoms with van der Waals surface area (Å²) in [6, 6.07) is 14.9. The normalized spacial score (nSPS) is 12.1. The molecule has 0 radical (unpaired) electrons. The molecule has 0 aliphatic carbocycles. The number of hydrogen-bond acceptors (Lipinski definition) is 3. The molecule has 0 fully saturated rings. The molecule has 0 saturated heterocycles. The molecule has 2 aromatic carbocycles. The van der Waals surface area contributed by atoms with Crippen molar-refractivity contribution in [3.63, 3.8) is 0 Å². The summed E-state index contributed by atoms with van der Waals surface area (Å²) in [5.74, 6) is 1.21.